The van der Waals surface area contributed by atoms with Gasteiger partial charge in [-0.3, -0.25) is 4.79 Å². The lowest BCUT2D eigenvalue weighted by Crippen LogP contribution is -2.38. The lowest BCUT2D eigenvalue weighted by Gasteiger charge is -2.17. The molecule has 0 radical (unpaired) electrons. The summed E-state index contributed by atoms with van der Waals surface area (Å²) in [6, 6.07) is 7.16. The number of amides is 1. The van der Waals surface area contributed by atoms with Gasteiger partial charge in [-0.25, -0.2) is 0 Å². The Labute approximate surface area is 140 Å². The fourth-order valence-corrected chi connectivity index (χ4v) is 2.87. The number of carbonyl (C=O) groups excluding carboxylic acids is 1. The van der Waals surface area contributed by atoms with Crippen molar-refractivity contribution < 1.29 is 19.2 Å². The van der Waals surface area contributed by atoms with Crippen molar-refractivity contribution in [3.05, 3.63) is 35.6 Å². The predicted molar refractivity (Wildman–Crippen MR) is 88.9 cm³/mol. The second-order valence-electron chi connectivity index (χ2n) is 6.48. The lowest BCUT2D eigenvalue weighted by molar-refractivity contribution is 0.0871. The van der Waals surface area contributed by atoms with Crippen LogP contribution >= 0.6 is 0 Å². The Balaban J connectivity index is 1.72. The third-order valence-electron chi connectivity index (χ3n) is 4.03. The molecule has 2 N–H and O–H groups in total. The fourth-order valence-electron chi connectivity index (χ4n) is 2.87. The van der Waals surface area contributed by atoms with Gasteiger partial charge in [-0.15, -0.1) is 0 Å². The van der Waals surface area contributed by atoms with Crippen molar-refractivity contribution in [2.45, 2.75) is 32.7 Å². The Morgan fingerprint density at radius 2 is 2.21 bits per heavy atom. The molecule has 24 heavy (non-hydrogen) atoms. The van der Waals surface area contributed by atoms with Crippen LogP contribution in [0.2, 0.25) is 0 Å². The van der Waals surface area contributed by atoms with Crippen LogP contribution in [0.25, 0.3) is 11.3 Å². The minimum atomic E-state index is -0.363. The van der Waals surface area contributed by atoms with Crippen LogP contribution < -0.4 is 10.1 Å². The minimum absolute atomic E-state index is 0.101. The number of aliphatic hydroxyl groups is 1. The highest BCUT2D eigenvalue weighted by Crippen LogP contribution is 2.30. The van der Waals surface area contributed by atoms with Crippen LogP contribution in [0, 0.1) is 5.92 Å². The predicted octanol–water partition coefficient (Wildman–Crippen LogP) is 2.41. The van der Waals surface area contributed by atoms with Crippen molar-refractivity contribution in [1.82, 2.24) is 10.5 Å². The summed E-state index contributed by atoms with van der Waals surface area (Å²) in [6.45, 7) is 4.68. The summed E-state index contributed by atoms with van der Waals surface area (Å²) in [5.74, 6) is 1.06. The summed E-state index contributed by atoms with van der Waals surface area (Å²) in [7, 11) is 0. The zero-order valence-electron chi connectivity index (χ0n) is 13.9. The Bertz CT molecular complexity index is 724. The SMILES string of the molecule is CC(C)CC(CO)NC(=O)c1cc(-c2ccc3c(c2)CCO3)no1. The Morgan fingerprint density at radius 3 is 2.96 bits per heavy atom. The van der Waals surface area contributed by atoms with E-state index in [0.29, 0.717) is 24.6 Å². The number of nitrogens with zero attached hydrogens (tertiary/aromatic N) is 1. The van der Waals surface area contributed by atoms with Crippen LogP contribution in [0.15, 0.2) is 28.8 Å². The number of hydrogen-bond acceptors (Lipinski definition) is 5. The molecule has 1 atom stereocenters. The molecule has 1 aliphatic heterocycles. The summed E-state index contributed by atoms with van der Waals surface area (Å²) in [4.78, 5) is 12.3. The Kier molecular flexibility index (Phi) is 4.85. The van der Waals surface area contributed by atoms with Crippen molar-refractivity contribution in [1.29, 1.82) is 0 Å². The van der Waals surface area contributed by atoms with Crippen LogP contribution in [-0.4, -0.2) is 35.4 Å². The van der Waals surface area contributed by atoms with E-state index < -0.39 is 0 Å². The number of hydrogen-bond donors (Lipinski definition) is 2. The zero-order chi connectivity index (χ0) is 17.1. The molecule has 1 unspecified atom stereocenters. The quantitative estimate of drug-likeness (QED) is 0.850. The first-order valence-electron chi connectivity index (χ1n) is 8.21. The van der Waals surface area contributed by atoms with Gasteiger partial charge in [0.15, 0.2) is 0 Å². The van der Waals surface area contributed by atoms with E-state index >= 15 is 0 Å². The number of rotatable bonds is 6. The van der Waals surface area contributed by atoms with E-state index in [0.717, 1.165) is 23.3 Å². The molecule has 128 valence electrons. The number of carbonyl (C=O) groups is 1. The highest BCUT2D eigenvalue weighted by atomic mass is 16.5. The molecular weight excluding hydrogens is 308 g/mol. The van der Waals surface area contributed by atoms with E-state index in [9.17, 15) is 9.90 Å². The molecule has 2 heterocycles. The molecule has 3 rings (SSSR count). The molecule has 2 aromatic rings. The van der Waals surface area contributed by atoms with E-state index in [1.54, 1.807) is 6.07 Å². The number of fused-ring (bicyclic) bond motifs is 1. The minimum Gasteiger partial charge on any atom is -0.493 e. The zero-order valence-corrected chi connectivity index (χ0v) is 13.9. The number of aliphatic hydroxyl groups excluding tert-OH is 1. The maximum atomic E-state index is 12.3. The average Bonchev–Trinajstić information content (AvgIpc) is 3.21. The van der Waals surface area contributed by atoms with Crippen molar-refractivity contribution in [2.75, 3.05) is 13.2 Å². The largest absolute Gasteiger partial charge is 0.493 e. The van der Waals surface area contributed by atoms with Gasteiger partial charge in [0.1, 0.15) is 11.4 Å². The molecule has 6 heteroatoms. The topological polar surface area (TPSA) is 84.6 Å². The highest BCUT2D eigenvalue weighted by molar-refractivity contribution is 5.92. The molecule has 0 saturated heterocycles. The molecule has 1 aliphatic rings. The Morgan fingerprint density at radius 1 is 1.38 bits per heavy atom. The van der Waals surface area contributed by atoms with Crippen LogP contribution in [0.3, 0.4) is 0 Å². The molecule has 0 fully saturated rings. The van der Waals surface area contributed by atoms with Crippen molar-refractivity contribution in [3.63, 3.8) is 0 Å². The van der Waals surface area contributed by atoms with E-state index in [-0.39, 0.29) is 24.3 Å². The fraction of sp³-hybridized carbons (Fsp3) is 0.444. The third-order valence-corrected chi connectivity index (χ3v) is 4.03. The maximum absolute atomic E-state index is 12.3. The number of ether oxygens (including phenoxy) is 1. The van der Waals surface area contributed by atoms with Gasteiger partial charge in [-0.05, 0) is 36.1 Å². The summed E-state index contributed by atoms with van der Waals surface area (Å²) in [5, 5.41) is 16.1. The number of benzene rings is 1. The van der Waals surface area contributed by atoms with Crippen LogP contribution in [-0.2, 0) is 6.42 Å². The van der Waals surface area contributed by atoms with Crippen molar-refractivity contribution in [3.8, 4) is 17.0 Å². The molecule has 0 bridgehead atoms. The lowest BCUT2D eigenvalue weighted by atomic mass is 10.0. The van der Waals surface area contributed by atoms with E-state index in [4.69, 9.17) is 9.26 Å². The number of aromatic nitrogens is 1. The van der Waals surface area contributed by atoms with Gasteiger partial charge < -0.3 is 19.7 Å². The molecule has 0 saturated carbocycles. The third kappa shape index (κ3) is 3.59. The first-order chi connectivity index (χ1) is 11.6. The van der Waals surface area contributed by atoms with Gasteiger partial charge in [0, 0.05) is 18.1 Å². The van der Waals surface area contributed by atoms with E-state index in [1.165, 1.54) is 0 Å². The van der Waals surface area contributed by atoms with Gasteiger partial charge in [0.05, 0.1) is 19.3 Å². The van der Waals surface area contributed by atoms with Gasteiger partial charge in [-0.2, -0.15) is 0 Å². The highest BCUT2D eigenvalue weighted by Gasteiger charge is 2.20. The monoisotopic (exact) mass is 330 g/mol. The standard InChI is InChI=1S/C18H22N2O4/c1-11(2)7-14(10-21)19-18(22)17-9-15(20-24-17)12-3-4-16-13(8-12)5-6-23-16/h3-4,8-9,11,14,21H,5-7,10H2,1-2H3,(H,19,22). The van der Waals surface area contributed by atoms with Gasteiger partial charge in [0.25, 0.3) is 5.91 Å². The summed E-state index contributed by atoms with van der Waals surface area (Å²) >= 11 is 0. The first-order valence-corrected chi connectivity index (χ1v) is 8.21. The van der Waals surface area contributed by atoms with Gasteiger partial charge >= 0.3 is 0 Å². The second kappa shape index (κ2) is 7.05. The van der Waals surface area contributed by atoms with Crippen molar-refractivity contribution >= 4 is 5.91 Å². The summed E-state index contributed by atoms with van der Waals surface area (Å²) in [5.41, 5.74) is 2.64. The molecule has 6 nitrogen and oxygen atoms in total. The average molecular weight is 330 g/mol. The molecule has 0 aliphatic carbocycles. The molecular formula is C18H22N2O4. The molecule has 1 aromatic carbocycles. The maximum Gasteiger partial charge on any atom is 0.290 e. The summed E-state index contributed by atoms with van der Waals surface area (Å²) in [6.07, 6.45) is 1.58. The summed E-state index contributed by atoms with van der Waals surface area (Å²) < 4.78 is 10.7. The van der Waals surface area contributed by atoms with Crippen LogP contribution in [0.5, 0.6) is 5.75 Å². The van der Waals surface area contributed by atoms with E-state index in [1.807, 2.05) is 32.0 Å². The number of nitrogens with one attached hydrogen (secondary N) is 1. The van der Waals surface area contributed by atoms with E-state index in [2.05, 4.69) is 10.5 Å². The van der Waals surface area contributed by atoms with Gasteiger partial charge in [0.2, 0.25) is 5.76 Å². The molecule has 0 spiro atoms. The smallest absolute Gasteiger partial charge is 0.290 e. The Hall–Kier alpha value is -2.34. The molecule has 1 amide bonds. The first kappa shape index (κ1) is 16.5. The molecule has 1 aromatic heterocycles. The van der Waals surface area contributed by atoms with Gasteiger partial charge in [-0.1, -0.05) is 19.0 Å². The normalized spacial score (nSPS) is 14.3. The van der Waals surface area contributed by atoms with Crippen molar-refractivity contribution in [2.24, 2.45) is 5.92 Å². The van der Waals surface area contributed by atoms with Crippen LogP contribution in [0.1, 0.15) is 36.4 Å². The second-order valence-corrected chi connectivity index (χ2v) is 6.48. The van der Waals surface area contributed by atoms with Crippen LogP contribution in [0.4, 0.5) is 0 Å².